The molecule has 1 saturated heterocycles. The Morgan fingerprint density at radius 2 is 1.95 bits per heavy atom. The van der Waals surface area contributed by atoms with Crippen LogP contribution in [0.5, 0.6) is 0 Å². The van der Waals surface area contributed by atoms with Gasteiger partial charge >= 0.3 is 0 Å². The Morgan fingerprint density at radius 1 is 1.35 bits per heavy atom. The van der Waals surface area contributed by atoms with Crippen LogP contribution in [0.3, 0.4) is 0 Å². The van der Waals surface area contributed by atoms with Crippen molar-refractivity contribution in [2.75, 3.05) is 13.1 Å². The molecular weight excluding hydrogens is 292 g/mol. The van der Waals surface area contributed by atoms with Crippen molar-refractivity contribution in [1.29, 1.82) is 0 Å². The molecule has 1 aliphatic heterocycles. The molecule has 112 valence electrons. The molecule has 0 radical (unpaired) electrons. The molecule has 2 N–H and O–H groups in total. The Hall–Kier alpha value is -0.710. The van der Waals surface area contributed by atoms with Crippen LogP contribution in [0.25, 0.3) is 0 Å². The number of nitrogens with two attached hydrogens (primary N) is 1. The van der Waals surface area contributed by atoms with E-state index in [1.807, 2.05) is 23.1 Å². The molecule has 1 heterocycles. The molecule has 1 atom stereocenters. The van der Waals surface area contributed by atoms with E-state index in [1.54, 1.807) is 11.8 Å². The fourth-order valence-corrected chi connectivity index (χ4v) is 3.35. The van der Waals surface area contributed by atoms with Gasteiger partial charge < -0.3 is 10.6 Å². The van der Waals surface area contributed by atoms with Crippen molar-refractivity contribution in [3.63, 3.8) is 0 Å². The predicted octanol–water partition coefficient (Wildman–Crippen LogP) is 2.93. The highest BCUT2D eigenvalue weighted by molar-refractivity contribution is 8.00. The van der Waals surface area contributed by atoms with Crippen molar-refractivity contribution in [1.82, 2.24) is 4.90 Å². The van der Waals surface area contributed by atoms with Crippen LogP contribution in [-0.4, -0.2) is 35.2 Å². The number of rotatable bonds is 4. The number of piperidine rings is 1. The Kier molecular flexibility index (Phi) is 7.41. The van der Waals surface area contributed by atoms with Gasteiger partial charge in [-0.3, -0.25) is 4.79 Å². The SMILES string of the molecule is CCC(Sc1ccccc1)C(=O)N1CCC(N)CC1.Cl. The molecular formula is C15H23ClN2OS. The number of carbonyl (C=O) groups is 1. The molecule has 0 bridgehead atoms. The quantitative estimate of drug-likeness (QED) is 0.869. The van der Waals surface area contributed by atoms with E-state index in [9.17, 15) is 4.79 Å². The largest absolute Gasteiger partial charge is 0.342 e. The Bertz CT molecular complexity index is 408. The van der Waals surface area contributed by atoms with Crippen LogP contribution in [0.4, 0.5) is 0 Å². The van der Waals surface area contributed by atoms with Crippen molar-refractivity contribution in [3.05, 3.63) is 30.3 Å². The van der Waals surface area contributed by atoms with E-state index < -0.39 is 0 Å². The van der Waals surface area contributed by atoms with Gasteiger partial charge in [0.15, 0.2) is 0 Å². The lowest BCUT2D eigenvalue weighted by Crippen LogP contribution is -2.45. The van der Waals surface area contributed by atoms with Gasteiger partial charge in [-0.2, -0.15) is 0 Å². The molecule has 1 aromatic carbocycles. The molecule has 0 saturated carbocycles. The van der Waals surface area contributed by atoms with Gasteiger partial charge in [-0.15, -0.1) is 24.2 Å². The number of hydrogen-bond acceptors (Lipinski definition) is 3. The summed E-state index contributed by atoms with van der Waals surface area (Å²) in [6.07, 6.45) is 2.72. The number of nitrogens with zero attached hydrogens (tertiary/aromatic N) is 1. The van der Waals surface area contributed by atoms with E-state index in [-0.39, 0.29) is 29.6 Å². The van der Waals surface area contributed by atoms with Gasteiger partial charge in [-0.25, -0.2) is 0 Å². The first-order valence-corrected chi connectivity index (χ1v) is 7.84. The maximum atomic E-state index is 12.5. The van der Waals surface area contributed by atoms with Crippen molar-refractivity contribution in [2.45, 2.75) is 42.4 Å². The molecule has 1 unspecified atom stereocenters. The van der Waals surface area contributed by atoms with Crippen molar-refractivity contribution >= 4 is 30.1 Å². The topological polar surface area (TPSA) is 46.3 Å². The fourth-order valence-electron chi connectivity index (χ4n) is 2.30. The summed E-state index contributed by atoms with van der Waals surface area (Å²) < 4.78 is 0. The molecule has 1 aromatic rings. The van der Waals surface area contributed by atoms with Gasteiger partial charge in [0.2, 0.25) is 5.91 Å². The molecule has 5 heteroatoms. The summed E-state index contributed by atoms with van der Waals surface area (Å²) >= 11 is 1.67. The number of hydrogen-bond donors (Lipinski definition) is 1. The van der Waals surface area contributed by atoms with Gasteiger partial charge in [0.05, 0.1) is 5.25 Å². The molecule has 2 rings (SSSR count). The van der Waals surface area contributed by atoms with Gasteiger partial charge in [0.1, 0.15) is 0 Å². The second-order valence-corrected chi connectivity index (χ2v) is 6.27. The van der Waals surface area contributed by atoms with Crippen LogP contribution in [0.1, 0.15) is 26.2 Å². The van der Waals surface area contributed by atoms with Crippen LogP contribution in [0.15, 0.2) is 35.2 Å². The third-order valence-electron chi connectivity index (χ3n) is 3.52. The van der Waals surface area contributed by atoms with Crippen LogP contribution in [0, 0.1) is 0 Å². The van der Waals surface area contributed by atoms with Crippen LogP contribution >= 0.6 is 24.2 Å². The molecule has 0 spiro atoms. The average molecular weight is 315 g/mol. The van der Waals surface area contributed by atoms with E-state index in [4.69, 9.17) is 5.73 Å². The second-order valence-electron chi connectivity index (χ2n) is 4.99. The minimum Gasteiger partial charge on any atom is -0.342 e. The number of amides is 1. The summed E-state index contributed by atoms with van der Waals surface area (Å²) in [5.41, 5.74) is 5.89. The minimum absolute atomic E-state index is 0. The number of carbonyl (C=O) groups excluding carboxylic acids is 1. The first-order valence-electron chi connectivity index (χ1n) is 6.96. The van der Waals surface area contributed by atoms with E-state index >= 15 is 0 Å². The number of benzene rings is 1. The zero-order chi connectivity index (χ0) is 13.7. The Morgan fingerprint density at radius 3 is 2.50 bits per heavy atom. The number of thioether (sulfide) groups is 1. The molecule has 1 aliphatic rings. The maximum Gasteiger partial charge on any atom is 0.236 e. The summed E-state index contributed by atoms with van der Waals surface area (Å²) in [6.45, 7) is 3.70. The first-order chi connectivity index (χ1) is 9.20. The third-order valence-corrected chi connectivity index (χ3v) is 4.88. The van der Waals surface area contributed by atoms with Crippen molar-refractivity contribution in [3.8, 4) is 0 Å². The van der Waals surface area contributed by atoms with Crippen LogP contribution in [0.2, 0.25) is 0 Å². The normalized spacial score (nSPS) is 17.4. The van der Waals surface area contributed by atoms with E-state index in [0.717, 1.165) is 37.2 Å². The zero-order valence-corrected chi connectivity index (χ0v) is 13.5. The molecule has 1 amide bonds. The molecule has 20 heavy (non-hydrogen) atoms. The summed E-state index contributed by atoms with van der Waals surface area (Å²) in [4.78, 5) is 15.6. The van der Waals surface area contributed by atoms with Crippen LogP contribution < -0.4 is 5.73 Å². The van der Waals surface area contributed by atoms with E-state index in [2.05, 4.69) is 19.1 Å². The summed E-state index contributed by atoms with van der Waals surface area (Å²) in [5.74, 6) is 0.267. The van der Waals surface area contributed by atoms with E-state index in [0.29, 0.717) is 0 Å². The molecule has 1 fully saturated rings. The smallest absolute Gasteiger partial charge is 0.236 e. The third kappa shape index (κ3) is 4.69. The Balaban J connectivity index is 0.00000200. The summed E-state index contributed by atoms with van der Waals surface area (Å²) in [6, 6.07) is 10.4. The molecule has 0 aromatic heterocycles. The number of likely N-dealkylation sites (tertiary alicyclic amines) is 1. The predicted molar refractivity (Wildman–Crippen MR) is 87.4 cm³/mol. The number of halogens is 1. The monoisotopic (exact) mass is 314 g/mol. The summed E-state index contributed by atoms with van der Waals surface area (Å²) in [7, 11) is 0. The van der Waals surface area contributed by atoms with E-state index in [1.165, 1.54) is 0 Å². The lowest BCUT2D eigenvalue weighted by atomic mass is 10.1. The second kappa shape index (κ2) is 8.55. The highest BCUT2D eigenvalue weighted by Crippen LogP contribution is 2.27. The maximum absolute atomic E-state index is 12.5. The lowest BCUT2D eigenvalue weighted by Gasteiger charge is -2.32. The highest BCUT2D eigenvalue weighted by Gasteiger charge is 2.26. The van der Waals surface area contributed by atoms with Crippen molar-refractivity contribution in [2.24, 2.45) is 5.73 Å². The summed E-state index contributed by atoms with van der Waals surface area (Å²) in [5, 5.41) is 0.0247. The lowest BCUT2D eigenvalue weighted by molar-refractivity contribution is -0.131. The zero-order valence-electron chi connectivity index (χ0n) is 11.8. The van der Waals surface area contributed by atoms with Crippen LogP contribution in [-0.2, 0) is 4.79 Å². The van der Waals surface area contributed by atoms with Gasteiger partial charge in [-0.1, -0.05) is 25.1 Å². The van der Waals surface area contributed by atoms with Gasteiger partial charge in [0.25, 0.3) is 0 Å². The minimum atomic E-state index is 0. The van der Waals surface area contributed by atoms with Gasteiger partial charge in [-0.05, 0) is 31.4 Å². The fraction of sp³-hybridized carbons (Fsp3) is 0.533. The van der Waals surface area contributed by atoms with Crippen molar-refractivity contribution < 1.29 is 4.79 Å². The average Bonchev–Trinajstić information content (AvgIpc) is 2.46. The Labute approximate surface area is 131 Å². The standard InChI is InChI=1S/C15H22N2OS.ClH/c1-2-14(19-13-6-4-3-5-7-13)15(18)17-10-8-12(16)9-11-17;/h3-7,12,14H,2,8-11,16H2,1H3;1H. The molecule has 0 aliphatic carbocycles. The first kappa shape index (κ1) is 17.3. The molecule has 3 nitrogen and oxygen atoms in total. The van der Waals surface area contributed by atoms with Gasteiger partial charge in [0, 0.05) is 24.0 Å². The highest BCUT2D eigenvalue weighted by atomic mass is 35.5.